The van der Waals surface area contributed by atoms with Gasteiger partial charge in [-0.15, -0.1) is 0 Å². The number of ether oxygens (including phenoxy) is 3. The first-order valence-electron chi connectivity index (χ1n) is 10.4. The second-order valence-electron chi connectivity index (χ2n) is 8.10. The van der Waals surface area contributed by atoms with Crippen LogP contribution in [0.4, 0.5) is 0 Å². The maximum absolute atomic E-state index is 13.5. The summed E-state index contributed by atoms with van der Waals surface area (Å²) in [5.74, 6) is -0.942. The van der Waals surface area contributed by atoms with Crippen molar-refractivity contribution in [3.8, 4) is 23.0 Å². The van der Waals surface area contributed by atoms with Crippen LogP contribution in [0.25, 0.3) is 0 Å². The smallest absolute Gasteiger partial charge is 0.236 e. The Bertz CT molecular complexity index is 1160. The Hall–Kier alpha value is -3.23. The molecule has 1 aliphatic carbocycles. The van der Waals surface area contributed by atoms with Crippen LogP contribution in [0.2, 0.25) is 5.02 Å². The van der Waals surface area contributed by atoms with Gasteiger partial charge in [-0.05, 0) is 24.1 Å². The molecule has 3 unspecified atom stereocenters. The van der Waals surface area contributed by atoms with Crippen LogP contribution in [0.3, 0.4) is 0 Å². The largest absolute Gasteiger partial charge is 0.508 e. The molecule has 1 aliphatic heterocycles. The van der Waals surface area contributed by atoms with Crippen LogP contribution in [0.5, 0.6) is 23.0 Å². The molecule has 0 radical (unpaired) electrons. The van der Waals surface area contributed by atoms with E-state index in [1.54, 1.807) is 19.1 Å². The van der Waals surface area contributed by atoms with Gasteiger partial charge in [-0.3, -0.25) is 9.59 Å². The first-order valence-corrected chi connectivity index (χ1v) is 10.7. The van der Waals surface area contributed by atoms with Crippen molar-refractivity contribution in [2.24, 2.45) is 5.92 Å². The predicted molar refractivity (Wildman–Crippen MR) is 120 cm³/mol. The number of carbonyl (C=O) groups excluding carboxylic acids is 2. The van der Waals surface area contributed by atoms with E-state index in [4.69, 9.17) is 25.8 Å². The van der Waals surface area contributed by atoms with Gasteiger partial charge in [-0.2, -0.15) is 0 Å². The minimum atomic E-state index is -1.75. The van der Waals surface area contributed by atoms with E-state index in [0.29, 0.717) is 17.7 Å². The molecule has 4 rings (SSSR count). The molecule has 9 heteroatoms. The molecule has 0 fully saturated rings. The molecule has 3 N–H and O–H groups in total. The molecule has 0 bridgehead atoms. The second kappa shape index (κ2) is 8.61. The van der Waals surface area contributed by atoms with Crippen LogP contribution in [0.1, 0.15) is 35.4 Å². The lowest BCUT2D eigenvalue weighted by molar-refractivity contribution is -0.129. The third-order valence-corrected chi connectivity index (χ3v) is 6.45. The number of hydrogen-bond donors (Lipinski definition) is 3. The van der Waals surface area contributed by atoms with E-state index >= 15 is 0 Å². The number of allylic oxidation sites excluding steroid dienone is 1. The van der Waals surface area contributed by atoms with Crippen molar-refractivity contribution in [3.05, 3.63) is 58.3 Å². The van der Waals surface area contributed by atoms with Crippen molar-refractivity contribution in [1.82, 2.24) is 5.32 Å². The first-order chi connectivity index (χ1) is 15.7. The Balaban J connectivity index is 1.59. The number of phenols is 1. The number of halogens is 1. The summed E-state index contributed by atoms with van der Waals surface area (Å²) in [6.45, 7) is 1.87. The Kier molecular flexibility index (Phi) is 5.99. The van der Waals surface area contributed by atoms with Crippen LogP contribution in [-0.2, 0) is 4.79 Å². The molecule has 33 heavy (non-hydrogen) atoms. The average molecular weight is 474 g/mol. The molecule has 1 spiro atoms. The van der Waals surface area contributed by atoms with Gasteiger partial charge in [-0.1, -0.05) is 30.7 Å². The number of benzene rings is 2. The molecule has 0 aromatic heterocycles. The van der Waals surface area contributed by atoms with Gasteiger partial charge >= 0.3 is 0 Å². The number of phenolic OH excluding ortho intramolecular Hbond substituents is 1. The normalized spacial score (nSPS) is 22.5. The third-order valence-electron chi connectivity index (χ3n) is 6.09. The van der Waals surface area contributed by atoms with Gasteiger partial charge in [0, 0.05) is 30.3 Å². The fourth-order valence-electron chi connectivity index (χ4n) is 4.33. The molecule has 0 saturated carbocycles. The number of carbonyl (C=O) groups is 2. The number of aliphatic hydroxyl groups excluding tert-OH is 1. The van der Waals surface area contributed by atoms with Crippen molar-refractivity contribution in [2.45, 2.75) is 25.0 Å². The minimum absolute atomic E-state index is 0.0522. The van der Waals surface area contributed by atoms with Gasteiger partial charge in [0.05, 0.1) is 20.3 Å². The highest BCUT2D eigenvalue weighted by atomic mass is 35.5. The predicted octanol–water partition coefficient (Wildman–Crippen LogP) is 3.19. The van der Waals surface area contributed by atoms with E-state index in [1.807, 2.05) is 0 Å². The number of fused-ring (bicyclic) bond motifs is 1. The molecule has 174 valence electrons. The highest BCUT2D eigenvalue weighted by molar-refractivity contribution is 6.36. The fraction of sp³-hybridized carbons (Fsp3) is 0.333. The van der Waals surface area contributed by atoms with Crippen LogP contribution < -0.4 is 19.5 Å². The number of Topliss-reactive ketones (excluding diaryl/α,β-unsaturated/α-hetero) is 1. The van der Waals surface area contributed by atoms with E-state index in [1.165, 1.54) is 38.5 Å². The van der Waals surface area contributed by atoms with Crippen molar-refractivity contribution in [2.75, 3.05) is 20.8 Å². The molecule has 3 atom stereocenters. The SMILES string of the molecule is COc1cc(OC)c2c(c1Cl)OC1(C(=O)C=C(NCC(O)c3cccc(O)c3)CC1C)C2=O. The highest BCUT2D eigenvalue weighted by Crippen LogP contribution is 2.52. The van der Waals surface area contributed by atoms with Crippen molar-refractivity contribution >= 4 is 23.2 Å². The molecule has 0 amide bonds. The number of aromatic hydroxyl groups is 1. The van der Waals surface area contributed by atoms with E-state index in [0.717, 1.165) is 0 Å². The average Bonchev–Trinajstić information content (AvgIpc) is 3.11. The Morgan fingerprint density at radius 3 is 2.61 bits per heavy atom. The van der Waals surface area contributed by atoms with E-state index in [2.05, 4.69) is 5.32 Å². The van der Waals surface area contributed by atoms with Crippen LogP contribution in [0, 0.1) is 5.92 Å². The lowest BCUT2D eigenvalue weighted by Crippen LogP contribution is -2.55. The summed E-state index contributed by atoms with van der Waals surface area (Å²) in [6, 6.07) is 7.81. The lowest BCUT2D eigenvalue weighted by atomic mass is 9.74. The highest BCUT2D eigenvalue weighted by Gasteiger charge is 2.60. The quantitative estimate of drug-likeness (QED) is 0.548. The van der Waals surface area contributed by atoms with Crippen molar-refractivity contribution in [1.29, 1.82) is 0 Å². The number of nitrogens with one attached hydrogen (secondary N) is 1. The van der Waals surface area contributed by atoms with Crippen molar-refractivity contribution < 1.29 is 34.0 Å². The summed E-state index contributed by atoms with van der Waals surface area (Å²) in [6.07, 6.45) is 0.759. The maximum Gasteiger partial charge on any atom is 0.236 e. The zero-order valence-electron chi connectivity index (χ0n) is 18.3. The standard InChI is InChI=1S/C24H24ClNO7/c1-12-7-14(26-11-16(28)13-5-4-6-15(27)8-13)9-19(29)24(12)23(30)20-17(31-2)10-18(32-3)21(25)22(20)33-24/h4-6,8-10,12,16,26-28H,7,11H2,1-3H3. The number of ketones is 2. The van der Waals surface area contributed by atoms with Gasteiger partial charge in [0.2, 0.25) is 17.2 Å². The van der Waals surface area contributed by atoms with Crippen LogP contribution in [-0.4, -0.2) is 48.1 Å². The maximum atomic E-state index is 13.5. The third kappa shape index (κ3) is 3.69. The van der Waals surface area contributed by atoms with Gasteiger partial charge < -0.3 is 29.7 Å². The number of methoxy groups -OCH3 is 2. The van der Waals surface area contributed by atoms with Gasteiger partial charge in [0.25, 0.3) is 0 Å². The number of hydrogen-bond acceptors (Lipinski definition) is 8. The molecule has 1 heterocycles. The van der Waals surface area contributed by atoms with Crippen LogP contribution >= 0.6 is 11.6 Å². The molecule has 8 nitrogen and oxygen atoms in total. The summed E-state index contributed by atoms with van der Waals surface area (Å²) in [5.41, 5.74) is -0.524. The van der Waals surface area contributed by atoms with Gasteiger partial charge in [0.1, 0.15) is 27.8 Å². The fourth-order valence-corrected chi connectivity index (χ4v) is 4.59. The first kappa shape index (κ1) is 22.9. The van der Waals surface area contributed by atoms with Gasteiger partial charge in [0.15, 0.2) is 5.75 Å². The molecule has 2 aromatic rings. The van der Waals surface area contributed by atoms with Gasteiger partial charge in [-0.25, -0.2) is 0 Å². The molecular weight excluding hydrogens is 450 g/mol. The van der Waals surface area contributed by atoms with Crippen LogP contribution in [0.15, 0.2) is 42.1 Å². The molecule has 0 saturated heterocycles. The number of rotatable bonds is 6. The summed E-state index contributed by atoms with van der Waals surface area (Å²) in [7, 11) is 2.84. The summed E-state index contributed by atoms with van der Waals surface area (Å²) < 4.78 is 16.6. The Morgan fingerprint density at radius 1 is 1.24 bits per heavy atom. The monoisotopic (exact) mass is 473 g/mol. The summed E-state index contributed by atoms with van der Waals surface area (Å²) >= 11 is 6.39. The van der Waals surface area contributed by atoms with Crippen molar-refractivity contribution in [3.63, 3.8) is 0 Å². The zero-order chi connectivity index (χ0) is 23.9. The minimum Gasteiger partial charge on any atom is -0.508 e. The molecular formula is C24H24ClNO7. The van der Waals surface area contributed by atoms with E-state index < -0.39 is 29.2 Å². The zero-order valence-corrected chi connectivity index (χ0v) is 19.1. The summed E-state index contributed by atoms with van der Waals surface area (Å²) in [5, 5.41) is 23.2. The lowest BCUT2D eigenvalue weighted by Gasteiger charge is -2.35. The topological polar surface area (TPSA) is 114 Å². The van der Waals surface area contributed by atoms with E-state index in [-0.39, 0.29) is 40.1 Å². The second-order valence-corrected chi connectivity index (χ2v) is 8.47. The Morgan fingerprint density at radius 2 is 1.97 bits per heavy atom. The Labute approximate surface area is 195 Å². The number of aliphatic hydroxyl groups is 1. The molecule has 2 aliphatic rings. The summed E-state index contributed by atoms with van der Waals surface area (Å²) in [4.78, 5) is 26.7. The van der Waals surface area contributed by atoms with E-state index in [9.17, 15) is 19.8 Å². The molecule has 2 aromatic carbocycles.